The number of aliphatic hydroxyl groups is 2. The van der Waals surface area contributed by atoms with Crippen molar-refractivity contribution in [3.63, 3.8) is 0 Å². The van der Waals surface area contributed by atoms with E-state index in [1.807, 2.05) is 19.9 Å². The molecule has 33 heavy (non-hydrogen) atoms. The summed E-state index contributed by atoms with van der Waals surface area (Å²) in [5, 5.41) is 22.4. The number of aliphatic hydroxyl groups excluding tert-OH is 2. The van der Waals surface area contributed by atoms with E-state index in [1.165, 1.54) is 6.33 Å². The van der Waals surface area contributed by atoms with Crippen LogP contribution in [0.4, 0.5) is 13.2 Å². The second-order valence-electron chi connectivity index (χ2n) is 9.12. The Kier molecular flexibility index (Phi) is 5.56. The summed E-state index contributed by atoms with van der Waals surface area (Å²) in [6, 6.07) is 2.39. The van der Waals surface area contributed by atoms with E-state index in [0.717, 1.165) is 23.6 Å². The quantitative estimate of drug-likeness (QED) is 0.603. The molecule has 3 aromatic rings. The lowest BCUT2D eigenvalue weighted by Gasteiger charge is -2.28. The number of aryl methyl sites for hydroxylation is 1. The van der Waals surface area contributed by atoms with Crippen molar-refractivity contribution in [3.05, 3.63) is 52.9 Å². The zero-order valence-electron chi connectivity index (χ0n) is 18.4. The maximum atomic E-state index is 14.9. The maximum absolute atomic E-state index is 14.9. The molecule has 0 saturated heterocycles. The molecule has 6 nitrogen and oxygen atoms in total. The van der Waals surface area contributed by atoms with Gasteiger partial charge in [-0.2, -0.15) is 0 Å². The van der Waals surface area contributed by atoms with Crippen molar-refractivity contribution < 1.29 is 28.1 Å². The van der Waals surface area contributed by atoms with Crippen molar-refractivity contribution in [3.8, 4) is 5.75 Å². The Morgan fingerprint density at radius 3 is 2.76 bits per heavy atom. The summed E-state index contributed by atoms with van der Waals surface area (Å²) in [5.74, 6) is -0.894. The monoisotopic (exact) mass is 461 g/mol. The van der Waals surface area contributed by atoms with E-state index in [-0.39, 0.29) is 23.7 Å². The Morgan fingerprint density at radius 1 is 1.21 bits per heavy atom. The van der Waals surface area contributed by atoms with E-state index in [0.29, 0.717) is 24.1 Å². The van der Waals surface area contributed by atoms with Gasteiger partial charge in [-0.1, -0.05) is 6.92 Å². The molecule has 1 aromatic carbocycles. The van der Waals surface area contributed by atoms with Crippen molar-refractivity contribution in [1.82, 2.24) is 14.5 Å². The second-order valence-corrected chi connectivity index (χ2v) is 9.12. The molecule has 2 aliphatic carbocycles. The molecule has 5 atom stereocenters. The van der Waals surface area contributed by atoms with E-state index < -0.39 is 42.2 Å². The van der Waals surface area contributed by atoms with E-state index in [2.05, 4.69) is 9.97 Å². The van der Waals surface area contributed by atoms with Crippen LogP contribution in [0.2, 0.25) is 0 Å². The molecule has 0 bridgehead atoms. The Morgan fingerprint density at radius 2 is 2.00 bits per heavy atom. The molecule has 0 amide bonds. The smallest absolute Gasteiger partial charge is 0.266 e. The first-order chi connectivity index (χ1) is 15.8. The summed E-state index contributed by atoms with van der Waals surface area (Å²) in [4.78, 5) is 8.49. The predicted octanol–water partition coefficient (Wildman–Crippen LogP) is 4.37. The van der Waals surface area contributed by atoms with E-state index in [4.69, 9.17) is 4.74 Å². The minimum atomic E-state index is -2.98. The lowest BCUT2D eigenvalue weighted by atomic mass is 9.82. The Hall–Kier alpha value is -2.65. The fourth-order valence-corrected chi connectivity index (χ4v) is 5.37. The van der Waals surface area contributed by atoms with Gasteiger partial charge in [-0.15, -0.1) is 0 Å². The normalized spacial score (nSPS) is 27.3. The van der Waals surface area contributed by atoms with Gasteiger partial charge in [0.25, 0.3) is 6.43 Å². The molecule has 2 N–H and O–H groups in total. The molecule has 2 aromatic heterocycles. The van der Waals surface area contributed by atoms with Gasteiger partial charge < -0.3 is 19.5 Å². The zero-order chi connectivity index (χ0) is 23.4. The lowest BCUT2D eigenvalue weighted by molar-refractivity contribution is -0.0167. The standard InChI is InChI=1S/C24H26F3N3O3/c1-11-4-3-5-14-17(8-15(23(26)27)20(25)19(11)14)33-18-9-16(21(31)22(18)32)30-7-6-13-12(2)28-10-29-24(13)30/h6-8,10-11,16,18,21-23,31-32H,3-5,9H2,1-2H3/t11-,16+,18-,21-,22+/m0/s1. The van der Waals surface area contributed by atoms with E-state index >= 15 is 0 Å². The molecule has 1 saturated carbocycles. The third kappa shape index (κ3) is 3.58. The largest absolute Gasteiger partial charge is 0.487 e. The topological polar surface area (TPSA) is 80.4 Å². The number of benzene rings is 1. The van der Waals surface area contributed by atoms with Gasteiger partial charge in [0.05, 0.1) is 17.3 Å². The van der Waals surface area contributed by atoms with Crippen LogP contribution >= 0.6 is 0 Å². The van der Waals surface area contributed by atoms with Gasteiger partial charge in [-0.25, -0.2) is 23.1 Å². The van der Waals surface area contributed by atoms with Crippen LogP contribution in [0.5, 0.6) is 5.75 Å². The number of rotatable bonds is 4. The Balaban J connectivity index is 1.49. The summed E-state index contributed by atoms with van der Waals surface area (Å²) in [5.41, 5.74) is 1.60. The fourth-order valence-electron chi connectivity index (χ4n) is 5.37. The molecule has 0 unspecified atom stereocenters. The van der Waals surface area contributed by atoms with Crippen LogP contribution in [-0.4, -0.2) is 43.1 Å². The highest BCUT2D eigenvalue weighted by Gasteiger charge is 2.45. The summed E-state index contributed by atoms with van der Waals surface area (Å²) in [6.07, 6.45) is -0.726. The molecule has 9 heteroatoms. The van der Waals surface area contributed by atoms with Gasteiger partial charge in [-0.3, -0.25) is 0 Å². The first-order valence-electron chi connectivity index (χ1n) is 11.2. The molecule has 0 radical (unpaired) electrons. The van der Waals surface area contributed by atoms with Crippen LogP contribution in [-0.2, 0) is 6.42 Å². The van der Waals surface area contributed by atoms with Crippen LogP contribution in [0.25, 0.3) is 11.0 Å². The SMILES string of the molecule is Cc1ncnc2c1ccn2[C@@H]1C[C@H](Oc2cc(C(F)F)c(F)c3c2CCC[C@@H]3C)[C@@H](O)[C@H]1O. The third-order valence-corrected chi connectivity index (χ3v) is 7.13. The summed E-state index contributed by atoms with van der Waals surface area (Å²) in [6.45, 7) is 3.69. The number of nitrogens with zero attached hydrogens (tertiary/aromatic N) is 3. The van der Waals surface area contributed by atoms with Crippen molar-refractivity contribution in [1.29, 1.82) is 0 Å². The van der Waals surface area contributed by atoms with E-state index in [9.17, 15) is 23.4 Å². The number of alkyl halides is 2. The third-order valence-electron chi connectivity index (χ3n) is 7.13. The second kappa shape index (κ2) is 8.29. The number of fused-ring (bicyclic) bond motifs is 2. The van der Waals surface area contributed by atoms with Gasteiger partial charge in [0.2, 0.25) is 0 Å². The maximum Gasteiger partial charge on any atom is 0.266 e. The molecular formula is C24H26F3N3O3. The lowest BCUT2D eigenvalue weighted by Crippen LogP contribution is -2.34. The average Bonchev–Trinajstić information content (AvgIpc) is 3.32. The number of aromatic nitrogens is 3. The molecular weight excluding hydrogens is 435 g/mol. The summed E-state index contributed by atoms with van der Waals surface area (Å²) < 4.78 is 49.9. The van der Waals surface area contributed by atoms with Crippen LogP contribution in [0, 0.1) is 12.7 Å². The van der Waals surface area contributed by atoms with Gasteiger partial charge in [0, 0.05) is 23.6 Å². The Bertz CT molecular complexity index is 1200. The minimum absolute atomic E-state index is 0.167. The van der Waals surface area contributed by atoms with Gasteiger partial charge in [0.1, 0.15) is 41.9 Å². The van der Waals surface area contributed by atoms with Crippen molar-refractivity contribution in [2.24, 2.45) is 0 Å². The molecule has 0 aliphatic heterocycles. The van der Waals surface area contributed by atoms with Gasteiger partial charge in [-0.05, 0) is 49.8 Å². The average molecular weight is 461 g/mol. The van der Waals surface area contributed by atoms with Crippen LogP contribution in [0.3, 0.4) is 0 Å². The minimum Gasteiger partial charge on any atom is -0.487 e. The highest BCUT2D eigenvalue weighted by Crippen LogP contribution is 2.44. The molecule has 176 valence electrons. The number of hydrogen-bond acceptors (Lipinski definition) is 5. The number of hydrogen-bond donors (Lipinski definition) is 2. The van der Waals surface area contributed by atoms with Crippen LogP contribution in [0.1, 0.15) is 67.0 Å². The van der Waals surface area contributed by atoms with E-state index in [1.54, 1.807) is 10.8 Å². The molecule has 2 aliphatic rings. The van der Waals surface area contributed by atoms with Gasteiger partial charge in [0.15, 0.2) is 0 Å². The van der Waals surface area contributed by atoms with Crippen LogP contribution < -0.4 is 4.74 Å². The fraction of sp³-hybridized carbons (Fsp3) is 0.500. The summed E-state index contributed by atoms with van der Waals surface area (Å²) in [7, 11) is 0. The highest BCUT2D eigenvalue weighted by atomic mass is 19.3. The number of halogens is 3. The van der Waals surface area contributed by atoms with Crippen molar-refractivity contribution in [2.45, 2.75) is 76.2 Å². The summed E-state index contributed by atoms with van der Waals surface area (Å²) >= 11 is 0. The first-order valence-corrected chi connectivity index (χ1v) is 11.2. The Labute approximate surface area is 189 Å². The molecule has 1 fully saturated rings. The molecule has 0 spiro atoms. The molecule has 5 rings (SSSR count). The first kappa shape index (κ1) is 22.2. The molecule has 2 heterocycles. The number of ether oxygens (including phenoxy) is 1. The zero-order valence-corrected chi connectivity index (χ0v) is 18.4. The van der Waals surface area contributed by atoms with Crippen molar-refractivity contribution in [2.75, 3.05) is 0 Å². The van der Waals surface area contributed by atoms with Crippen LogP contribution in [0.15, 0.2) is 24.7 Å². The van der Waals surface area contributed by atoms with Gasteiger partial charge >= 0.3 is 0 Å². The predicted molar refractivity (Wildman–Crippen MR) is 115 cm³/mol. The van der Waals surface area contributed by atoms with Crippen molar-refractivity contribution >= 4 is 11.0 Å². The highest BCUT2D eigenvalue weighted by molar-refractivity contribution is 5.78.